The van der Waals surface area contributed by atoms with Crippen LogP contribution in [0.3, 0.4) is 0 Å². The number of anilines is 2. The molecule has 0 unspecified atom stereocenters. The second kappa shape index (κ2) is 7.57. The molecule has 0 spiro atoms. The van der Waals surface area contributed by atoms with Crippen LogP contribution in [0.4, 0.5) is 10.8 Å². The Kier molecular flexibility index (Phi) is 5.13. The van der Waals surface area contributed by atoms with Crippen LogP contribution in [-0.4, -0.2) is 46.2 Å². The molecular formula is C19H22N4O3S2. The molecule has 1 aliphatic heterocycles. The van der Waals surface area contributed by atoms with Crippen LogP contribution in [0.25, 0.3) is 10.2 Å². The van der Waals surface area contributed by atoms with Crippen LogP contribution in [0.2, 0.25) is 0 Å². The Hall–Kier alpha value is -2.36. The van der Waals surface area contributed by atoms with E-state index in [2.05, 4.69) is 15.9 Å². The number of thiazole rings is 1. The fourth-order valence-electron chi connectivity index (χ4n) is 3.32. The summed E-state index contributed by atoms with van der Waals surface area (Å²) in [5.41, 5.74) is 1.92. The molecule has 1 saturated heterocycles. The Bertz CT molecular complexity index is 1070. The van der Waals surface area contributed by atoms with Crippen LogP contribution in [0.15, 0.2) is 47.4 Å². The van der Waals surface area contributed by atoms with E-state index in [0.717, 1.165) is 53.0 Å². The van der Waals surface area contributed by atoms with Gasteiger partial charge >= 0.3 is 0 Å². The summed E-state index contributed by atoms with van der Waals surface area (Å²) in [5.74, 6) is 0.830. The topological polar surface area (TPSA) is 88.8 Å². The lowest BCUT2D eigenvalue weighted by atomic mass is 10.2. The highest BCUT2D eigenvalue weighted by molar-refractivity contribution is 7.89. The standard InChI is InChI=1S/C19H22N4O3S2/c1-2-26-16-4-3-5-17-18(16)21-19(27-17)23-12-10-22(11-13-23)14-6-8-15(9-7-14)28(20,24)25/h3-9H,2,10-13H2,1H3,(H2,20,24,25). The van der Waals surface area contributed by atoms with Crippen molar-refractivity contribution in [2.75, 3.05) is 42.6 Å². The van der Waals surface area contributed by atoms with Crippen molar-refractivity contribution in [3.05, 3.63) is 42.5 Å². The molecule has 2 heterocycles. The summed E-state index contributed by atoms with van der Waals surface area (Å²) in [6, 6.07) is 12.8. The first-order valence-electron chi connectivity index (χ1n) is 9.11. The molecule has 1 aliphatic rings. The molecule has 28 heavy (non-hydrogen) atoms. The monoisotopic (exact) mass is 418 g/mol. The minimum absolute atomic E-state index is 0.134. The number of ether oxygens (including phenoxy) is 1. The van der Waals surface area contributed by atoms with Crippen LogP contribution in [0.5, 0.6) is 5.75 Å². The Balaban J connectivity index is 1.47. The summed E-state index contributed by atoms with van der Waals surface area (Å²) >= 11 is 1.68. The number of piperazine rings is 1. The van der Waals surface area contributed by atoms with Crippen molar-refractivity contribution in [3.63, 3.8) is 0 Å². The first kappa shape index (κ1) is 19.0. The van der Waals surface area contributed by atoms with Crippen molar-refractivity contribution in [1.29, 1.82) is 0 Å². The second-order valence-electron chi connectivity index (χ2n) is 6.55. The van der Waals surface area contributed by atoms with Gasteiger partial charge in [0.25, 0.3) is 0 Å². The third-order valence-corrected chi connectivity index (χ3v) is 6.76. The molecule has 4 rings (SSSR count). The third kappa shape index (κ3) is 3.78. The van der Waals surface area contributed by atoms with Crippen LogP contribution in [0, 0.1) is 0 Å². The fraction of sp³-hybridized carbons (Fsp3) is 0.316. The normalized spacial score (nSPS) is 15.2. The van der Waals surface area contributed by atoms with E-state index in [-0.39, 0.29) is 4.90 Å². The van der Waals surface area contributed by atoms with Crippen molar-refractivity contribution in [3.8, 4) is 5.75 Å². The zero-order valence-electron chi connectivity index (χ0n) is 15.5. The number of nitrogens with two attached hydrogens (primary N) is 1. The fourth-order valence-corrected chi connectivity index (χ4v) is 4.87. The largest absolute Gasteiger partial charge is 0.492 e. The second-order valence-corrected chi connectivity index (χ2v) is 9.12. The van der Waals surface area contributed by atoms with E-state index in [0.29, 0.717) is 6.61 Å². The predicted octanol–water partition coefficient (Wildman–Crippen LogP) is 2.67. The van der Waals surface area contributed by atoms with Crippen molar-refractivity contribution >= 4 is 42.4 Å². The maximum absolute atomic E-state index is 11.4. The van der Waals surface area contributed by atoms with Gasteiger partial charge in [0.2, 0.25) is 10.0 Å². The maximum atomic E-state index is 11.4. The summed E-state index contributed by atoms with van der Waals surface area (Å²) in [6.45, 7) is 5.96. The van der Waals surface area contributed by atoms with E-state index < -0.39 is 10.0 Å². The summed E-state index contributed by atoms with van der Waals surface area (Å²) < 4.78 is 29.6. The number of benzene rings is 2. The van der Waals surface area contributed by atoms with Gasteiger partial charge in [0.15, 0.2) is 5.13 Å². The lowest BCUT2D eigenvalue weighted by molar-refractivity contribution is 0.344. The average molecular weight is 419 g/mol. The molecule has 3 aromatic rings. The molecule has 0 amide bonds. The average Bonchev–Trinajstić information content (AvgIpc) is 3.13. The molecule has 0 atom stereocenters. The highest BCUT2D eigenvalue weighted by Gasteiger charge is 2.21. The number of rotatable bonds is 5. The zero-order chi connectivity index (χ0) is 19.7. The van der Waals surface area contributed by atoms with E-state index in [4.69, 9.17) is 14.9 Å². The molecule has 1 aromatic heterocycles. The maximum Gasteiger partial charge on any atom is 0.238 e. The first-order valence-corrected chi connectivity index (χ1v) is 11.5. The SMILES string of the molecule is CCOc1cccc2sc(N3CCN(c4ccc(S(N)(=O)=O)cc4)CC3)nc12. The molecule has 2 N–H and O–H groups in total. The van der Waals surface area contributed by atoms with Gasteiger partial charge in [-0.3, -0.25) is 0 Å². The Morgan fingerprint density at radius 1 is 1.07 bits per heavy atom. The number of hydrogen-bond donors (Lipinski definition) is 1. The first-order chi connectivity index (χ1) is 13.5. The van der Waals surface area contributed by atoms with E-state index in [1.165, 1.54) is 0 Å². The summed E-state index contributed by atoms with van der Waals surface area (Å²) in [4.78, 5) is 9.47. The highest BCUT2D eigenvalue weighted by atomic mass is 32.2. The molecule has 2 aromatic carbocycles. The van der Waals surface area contributed by atoms with Gasteiger partial charge < -0.3 is 14.5 Å². The van der Waals surface area contributed by atoms with Gasteiger partial charge in [-0.05, 0) is 43.3 Å². The number of aromatic nitrogens is 1. The van der Waals surface area contributed by atoms with Crippen LogP contribution < -0.4 is 19.7 Å². The minimum atomic E-state index is -3.66. The minimum Gasteiger partial charge on any atom is -0.492 e. The summed E-state index contributed by atoms with van der Waals surface area (Å²) in [7, 11) is -3.66. The van der Waals surface area contributed by atoms with Crippen LogP contribution in [0.1, 0.15) is 6.92 Å². The van der Waals surface area contributed by atoms with Gasteiger partial charge in [-0.2, -0.15) is 0 Å². The van der Waals surface area contributed by atoms with Gasteiger partial charge in [-0.25, -0.2) is 18.5 Å². The van der Waals surface area contributed by atoms with Crippen molar-refractivity contribution in [2.45, 2.75) is 11.8 Å². The third-order valence-electron chi connectivity index (χ3n) is 4.75. The zero-order valence-corrected chi connectivity index (χ0v) is 17.2. The van der Waals surface area contributed by atoms with Gasteiger partial charge in [0.05, 0.1) is 16.2 Å². The molecule has 0 saturated carbocycles. The number of fused-ring (bicyclic) bond motifs is 1. The molecule has 9 heteroatoms. The number of hydrogen-bond acceptors (Lipinski definition) is 7. The van der Waals surface area contributed by atoms with Crippen molar-refractivity contribution in [2.24, 2.45) is 5.14 Å². The lowest BCUT2D eigenvalue weighted by Gasteiger charge is -2.36. The van der Waals surface area contributed by atoms with Gasteiger partial charge in [0.1, 0.15) is 11.3 Å². The van der Waals surface area contributed by atoms with Crippen LogP contribution >= 0.6 is 11.3 Å². The quantitative estimate of drug-likeness (QED) is 0.685. The molecule has 7 nitrogen and oxygen atoms in total. The van der Waals surface area contributed by atoms with Crippen molar-refractivity contribution < 1.29 is 13.2 Å². The van der Waals surface area contributed by atoms with E-state index in [1.807, 2.05) is 19.1 Å². The Morgan fingerprint density at radius 3 is 2.39 bits per heavy atom. The van der Waals surface area contributed by atoms with E-state index in [1.54, 1.807) is 35.6 Å². The van der Waals surface area contributed by atoms with Crippen molar-refractivity contribution in [1.82, 2.24) is 4.98 Å². The molecular weight excluding hydrogens is 396 g/mol. The van der Waals surface area contributed by atoms with Gasteiger partial charge in [-0.15, -0.1) is 0 Å². The highest BCUT2D eigenvalue weighted by Crippen LogP contribution is 2.34. The number of primary sulfonamides is 1. The summed E-state index contributed by atoms with van der Waals surface area (Å²) in [6.07, 6.45) is 0. The molecule has 0 radical (unpaired) electrons. The molecule has 148 valence electrons. The van der Waals surface area contributed by atoms with E-state index in [9.17, 15) is 8.42 Å². The molecule has 1 fully saturated rings. The molecule has 0 aliphatic carbocycles. The summed E-state index contributed by atoms with van der Waals surface area (Å²) in [5, 5.41) is 6.17. The molecule has 0 bridgehead atoms. The predicted molar refractivity (Wildman–Crippen MR) is 113 cm³/mol. The number of para-hydroxylation sites is 1. The smallest absolute Gasteiger partial charge is 0.238 e. The van der Waals surface area contributed by atoms with Gasteiger partial charge in [0, 0.05) is 31.9 Å². The van der Waals surface area contributed by atoms with Crippen LogP contribution in [-0.2, 0) is 10.0 Å². The Labute approximate surface area is 168 Å². The van der Waals surface area contributed by atoms with Gasteiger partial charge in [-0.1, -0.05) is 17.4 Å². The van der Waals surface area contributed by atoms with E-state index >= 15 is 0 Å². The number of sulfonamides is 1. The Morgan fingerprint density at radius 2 is 1.75 bits per heavy atom. The lowest BCUT2D eigenvalue weighted by Crippen LogP contribution is -2.46. The number of nitrogens with zero attached hydrogens (tertiary/aromatic N) is 3.